The average Bonchev–Trinajstić information content (AvgIpc) is 1.57. The van der Waals surface area contributed by atoms with Gasteiger partial charge in [0.1, 0.15) is 0 Å². The van der Waals surface area contributed by atoms with Crippen LogP contribution in [0.1, 0.15) is 20.8 Å². The molecule has 5 heteroatoms. The van der Waals surface area contributed by atoms with Crippen LogP contribution in [0.2, 0.25) is 0 Å². The maximum Gasteiger partial charge on any atom is 0.491 e. The van der Waals surface area contributed by atoms with Crippen molar-refractivity contribution >= 4 is 6.98 Å². The van der Waals surface area contributed by atoms with Gasteiger partial charge >= 0.3 is 6.98 Å². The Hall–Kier alpha value is -0.185. The van der Waals surface area contributed by atoms with Crippen LogP contribution in [0.25, 0.3) is 0 Å². The Balaban J connectivity index is 3.56. The molecule has 0 saturated carbocycles. The zero-order chi connectivity index (χ0) is 8.41. The molecule has 10 heavy (non-hydrogen) atoms. The predicted octanol–water partition coefficient (Wildman–Crippen LogP) is 1.76. The van der Waals surface area contributed by atoms with Crippen LogP contribution in [-0.4, -0.2) is 19.0 Å². The second-order valence-corrected chi connectivity index (χ2v) is 3.34. The quantitative estimate of drug-likeness (QED) is 0.597. The lowest BCUT2D eigenvalue weighted by atomic mass is 9.90. The van der Waals surface area contributed by atoms with Crippen molar-refractivity contribution in [2.75, 3.05) is 6.44 Å². The zero-order valence-corrected chi connectivity index (χ0v) is 6.42. The Morgan fingerprint density at radius 3 is 1.70 bits per heavy atom. The van der Waals surface area contributed by atoms with Gasteiger partial charge in [-0.1, -0.05) is 0 Å². The highest BCUT2D eigenvalue weighted by Gasteiger charge is 2.24. The summed E-state index contributed by atoms with van der Waals surface area (Å²) in [5.41, 5.74) is -0.447. The summed E-state index contributed by atoms with van der Waals surface area (Å²) in [5, 5.41) is 2.36. The van der Waals surface area contributed by atoms with Crippen molar-refractivity contribution < 1.29 is 12.9 Å². The van der Waals surface area contributed by atoms with E-state index in [9.17, 15) is 12.9 Å². The Kier molecular flexibility index (Phi) is 2.77. The van der Waals surface area contributed by atoms with Crippen molar-refractivity contribution in [1.29, 1.82) is 0 Å². The van der Waals surface area contributed by atoms with E-state index in [-0.39, 0.29) is 0 Å². The van der Waals surface area contributed by atoms with Gasteiger partial charge in [0.15, 0.2) is 0 Å². The van der Waals surface area contributed by atoms with Crippen LogP contribution in [0.4, 0.5) is 12.9 Å². The van der Waals surface area contributed by atoms with Crippen molar-refractivity contribution in [3.05, 3.63) is 0 Å². The van der Waals surface area contributed by atoms with Gasteiger partial charge < -0.3 is 18.3 Å². The van der Waals surface area contributed by atoms with Crippen molar-refractivity contribution in [2.45, 2.75) is 26.3 Å². The molecular formula is C5H12BF3N-. The first-order chi connectivity index (χ1) is 4.21. The molecule has 0 unspecified atom stereocenters. The standard InChI is InChI=1S/C5H12BF3N/c1-5(2,3)10-4-6(7,8)9/h10H,4H2,1-3H3/q-1. The topological polar surface area (TPSA) is 12.0 Å². The molecule has 0 aromatic heterocycles. The number of nitrogens with one attached hydrogen (secondary N) is 1. The zero-order valence-electron chi connectivity index (χ0n) is 6.42. The van der Waals surface area contributed by atoms with Crippen LogP contribution in [0, 0.1) is 0 Å². The molecule has 0 spiro atoms. The maximum atomic E-state index is 11.6. The van der Waals surface area contributed by atoms with Gasteiger partial charge in [-0.15, -0.1) is 0 Å². The number of hydrogen-bond acceptors (Lipinski definition) is 1. The van der Waals surface area contributed by atoms with E-state index in [2.05, 4.69) is 5.32 Å². The monoisotopic (exact) mass is 154 g/mol. The fourth-order valence-electron chi connectivity index (χ4n) is 0.422. The van der Waals surface area contributed by atoms with E-state index in [4.69, 9.17) is 0 Å². The molecule has 0 aliphatic carbocycles. The second kappa shape index (κ2) is 2.82. The van der Waals surface area contributed by atoms with E-state index in [1.54, 1.807) is 20.8 Å². The van der Waals surface area contributed by atoms with Crippen LogP contribution >= 0.6 is 0 Å². The Labute approximate surface area is 59.1 Å². The van der Waals surface area contributed by atoms with Crippen LogP contribution in [0.15, 0.2) is 0 Å². The van der Waals surface area contributed by atoms with E-state index in [1.807, 2.05) is 0 Å². The molecule has 0 bridgehead atoms. The summed E-state index contributed by atoms with van der Waals surface area (Å²) in [6, 6.07) is 0. The van der Waals surface area contributed by atoms with Gasteiger partial charge in [0.25, 0.3) is 0 Å². The van der Waals surface area contributed by atoms with Crippen molar-refractivity contribution in [3.63, 3.8) is 0 Å². The fourth-order valence-corrected chi connectivity index (χ4v) is 0.422. The van der Waals surface area contributed by atoms with Gasteiger partial charge in [0, 0.05) is 5.54 Å². The highest BCUT2D eigenvalue weighted by molar-refractivity contribution is 6.58. The Bertz CT molecular complexity index is 90.4. The lowest BCUT2D eigenvalue weighted by Crippen LogP contribution is -2.44. The third-order valence-corrected chi connectivity index (χ3v) is 0.864. The minimum absolute atomic E-state index is 0.447. The SMILES string of the molecule is CC(C)(C)NC[B-](F)(F)F. The molecule has 62 valence electrons. The van der Waals surface area contributed by atoms with E-state index >= 15 is 0 Å². The van der Waals surface area contributed by atoms with Gasteiger partial charge in [-0.25, -0.2) is 0 Å². The summed E-state index contributed by atoms with van der Waals surface area (Å²) < 4.78 is 34.8. The van der Waals surface area contributed by atoms with E-state index in [0.717, 1.165) is 0 Å². The molecule has 1 nitrogen and oxygen atoms in total. The van der Waals surface area contributed by atoms with Crippen molar-refractivity contribution in [3.8, 4) is 0 Å². The molecular weight excluding hydrogens is 142 g/mol. The Morgan fingerprint density at radius 1 is 1.20 bits per heavy atom. The molecule has 0 heterocycles. The lowest BCUT2D eigenvalue weighted by molar-refractivity contribution is 0.398. The van der Waals surface area contributed by atoms with Gasteiger partial charge in [-0.3, -0.25) is 0 Å². The van der Waals surface area contributed by atoms with Crippen LogP contribution in [-0.2, 0) is 0 Å². The minimum Gasteiger partial charge on any atom is -0.448 e. The molecule has 0 amide bonds. The molecule has 0 aromatic rings. The normalized spacial score (nSPS) is 13.8. The predicted molar refractivity (Wildman–Crippen MR) is 36.8 cm³/mol. The van der Waals surface area contributed by atoms with Gasteiger partial charge in [0.2, 0.25) is 0 Å². The second-order valence-electron chi connectivity index (χ2n) is 3.34. The summed E-state index contributed by atoms with van der Waals surface area (Å²) in [7, 11) is 0. The number of halogens is 3. The van der Waals surface area contributed by atoms with Gasteiger partial charge in [-0.2, -0.15) is 0 Å². The highest BCUT2D eigenvalue weighted by atomic mass is 19.4. The summed E-state index contributed by atoms with van der Waals surface area (Å²) in [6.07, 6.45) is -0.858. The van der Waals surface area contributed by atoms with Crippen molar-refractivity contribution in [1.82, 2.24) is 5.32 Å². The molecule has 0 saturated heterocycles. The summed E-state index contributed by atoms with van der Waals surface area (Å²) >= 11 is 0. The van der Waals surface area contributed by atoms with E-state index in [1.165, 1.54) is 0 Å². The lowest BCUT2D eigenvalue weighted by Gasteiger charge is -2.25. The highest BCUT2D eigenvalue weighted by Crippen LogP contribution is 2.08. The molecule has 0 atom stereocenters. The minimum atomic E-state index is -4.68. The van der Waals surface area contributed by atoms with Crippen LogP contribution in [0.5, 0.6) is 0 Å². The molecule has 0 fully saturated rings. The molecule has 0 radical (unpaired) electrons. The third-order valence-electron chi connectivity index (χ3n) is 0.864. The maximum absolute atomic E-state index is 11.6. The van der Waals surface area contributed by atoms with Crippen LogP contribution < -0.4 is 5.32 Å². The van der Waals surface area contributed by atoms with Crippen LogP contribution in [0.3, 0.4) is 0 Å². The third kappa shape index (κ3) is 7.81. The average molecular weight is 154 g/mol. The summed E-state index contributed by atoms with van der Waals surface area (Å²) in [6.45, 7) is 0.432. The molecule has 0 rings (SSSR count). The molecule has 0 aromatic carbocycles. The molecule has 0 aliphatic heterocycles. The molecule has 1 N–H and O–H groups in total. The van der Waals surface area contributed by atoms with Gasteiger partial charge in [-0.05, 0) is 27.2 Å². The first-order valence-electron chi connectivity index (χ1n) is 3.17. The fraction of sp³-hybridized carbons (Fsp3) is 1.00. The van der Waals surface area contributed by atoms with E-state index in [0.29, 0.717) is 0 Å². The first kappa shape index (κ1) is 9.81. The largest absolute Gasteiger partial charge is 0.491 e. The first-order valence-corrected chi connectivity index (χ1v) is 3.17. The van der Waals surface area contributed by atoms with Gasteiger partial charge in [0.05, 0.1) is 0 Å². The van der Waals surface area contributed by atoms with Crippen molar-refractivity contribution in [2.24, 2.45) is 0 Å². The summed E-state index contributed by atoms with van der Waals surface area (Å²) in [5.74, 6) is 0. The molecule has 0 aliphatic rings. The number of hydrogen-bond donors (Lipinski definition) is 1. The number of rotatable bonds is 2. The Morgan fingerprint density at radius 2 is 1.60 bits per heavy atom. The smallest absolute Gasteiger partial charge is 0.448 e. The van der Waals surface area contributed by atoms with E-state index < -0.39 is 19.0 Å². The summed E-state index contributed by atoms with van der Waals surface area (Å²) in [4.78, 5) is 0.